The molecule has 0 radical (unpaired) electrons. The van der Waals surface area contributed by atoms with Gasteiger partial charge in [-0.15, -0.1) is 12.4 Å². The summed E-state index contributed by atoms with van der Waals surface area (Å²) in [6.45, 7) is 5.00. The lowest BCUT2D eigenvalue weighted by molar-refractivity contribution is 0.498. The zero-order chi connectivity index (χ0) is 12.7. The Bertz CT molecular complexity index is 582. The maximum absolute atomic E-state index is 5.80. The van der Waals surface area contributed by atoms with Gasteiger partial charge in [0.1, 0.15) is 5.82 Å². The van der Waals surface area contributed by atoms with Gasteiger partial charge in [0.15, 0.2) is 5.65 Å². The minimum Gasteiger partial charge on any atom is -0.368 e. The fourth-order valence-electron chi connectivity index (χ4n) is 2.40. The van der Waals surface area contributed by atoms with Crippen LogP contribution in [-0.4, -0.2) is 45.4 Å². The molecule has 1 aliphatic heterocycles. The van der Waals surface area contributed by atoms with Crippen molar-refractivity contribution in [1.29, 1.82) is 0 Å². The number of halogens is 1. The fourth-order valence-corrected chi connectivity index (χ4v) is 2.40. The third kappa shape index (κ3) is 2.31. The first kappa shape index (κ1) is 13.8. The highest BCUT2D eigenvalue weighted by molar-refractivity contribution is 5.88. The molecule has 0 spiro atoms. The van der Waals surface area contributed by atoms with Crippen LogP contribution in [0.25, 0.3) is 11.0 Å². The molecular formula is C11H18ClN7. The van der Waals surface area contributed by atoms with Crippen LogP contribution in [0.5, 0.6) is 0 Å². The molecule has 0 aliphatic carbocycles. The van der Waals surface area contributed by atoms with E-state index in [1.54, 1.807) is 10.9 Å². The van der Waals surface area contributed by atoms with Crippen LogP contribution in [0.15, 0.2) is 6.20 Å². The summed E-state index contributed by atoms with van der Waals surface area (Å²) in [5, 5.41) is 8.56. The average Bonchev–Trinajstić information content (AvgIpc) is 2.71. The van der Waals surface area contributed by atoms with E-state index < -0.39 is 0 Å². The van der Waals surface area contributed by atoms with Crippen LogP contribution in [0, 0.1) is 0 Å². The quantitative estimate of drug-likeness (QED) is 0.776. The summed E-state index contributed by atoms with van der Waals surface area (Å²) in [7, 11) is 1.86. The van der Waals surface area contributed by atoms with Crippen LogP contribution >= 0.6 is 12.4 Å². The molecule has 104 valence electrons. The second kappa shape index (κ2) is 5.18. The third-order valence-corrected chi connectivity index (χ3v) is 3.36. The average molecular weight is 284 g/mol. The highest BCUT2D eigenvalue weighted by atomic mass is 35.5. The topological polar surface area (TPSA) is 84.9 Å². The molecule has 3 rings (SSSR count). The van der Waals surface area contributed by atoms with Gasteiger partial charge in [-0.1, -0.05) is 0 Å². The Morgan fingerprint density at radius 3 is 2.95 bits per heavy atom. The van der Waals surface area contributed by atoms with Crippen molar-refractivity contribution in [3.63, 3.8) is 0 Å². The summed E-state index contributed by atoms with van der Waals surface area (Å²) in [5.41, 5.74) is 6.58. The molecule has 1 aliphatic rings. The number of aryl methyl sites for hydroxylation is 1. The molecule has 3 N–H and O–H groups in total. The van der Waals surface area contributed by atoms with Gasteiger partial charge in [0.25, 0.3) is 0 Å². The van der Waals surface area contributed by atoms with Crippen LogP contribution < -0.4 is 16.0 Å². The van der Waals surface area contributed by atoms with Crippen molar-refractivity contribution in [2.45, 2.75) is 13.0 Å². The van der Waals surface area contributed by atoms with Gasteiger partial charge in [-0.25, -0.2) is 0 Å². The van der Waals surface area contributed by atoms with Gasteiger partial charge in [0, 0.05) is 32.7 Å². The minimum absolute atomic E-state index is 0. The summed E-state index contributed by atoms with van der Waals surface area (Å²) >= 11 is 0. The normalized spacial score (nSPS) is 19.5. The predicted molar refractivity (Wildman–Crippen MR) is 77.6 cm³/mol. The maximum atomic E-state index is 5.80. The van der Waals surface area contributed by atoms with E-state index in [0.717, 1.165) is 36.5 Å². The molecule has 0 unspecified atom stereocenters. The molecule has 2 aromatic rings. The number of rotatable bonds is 1. The van der Waals surface area contributed by atoms with Gasteiger partial charge >= 0.3 is 0 Å². The molecule has 1 fully saturated rings. The molecule has 1 atom stereocenters. The second-order valence-electron chi connectivity index (χ2n) is 4.66. The summed E-state index contributed by atoms with van der Waals surface area (Å²) in [6.07, 6.45) is 1.80. The van der Waals surface area contributed by atoms with E-state index in [1.807, 2.05) is 7.05 Å². The van der Waals surface area contributed by atoms with Crippen LogP contribution in [0.1, 0.15) is 6.92 Å². The standard InChI is InChI=1S/C11H17N7.ClH/c1-7-5-13-3-4-18(7)10-8-6-14-17(2)9(8)15-11(12)16-10;/h6-7,13H,3-5H2,1-2H3,(H2,12,15,16);1H/t7-;/m1./s1. The predicted octanol–water partition coefficient (Wildman–Crippen LogP) is 0.165. The lowest BCUT2D eigenvalue weighted by Crippen LogP contribution is -2.50. The van der Waals surface area contributed by atoms with E-state index in [4.69, 9.17) is 5.73 Å². The third-order valence-electron chi connectivity index (χ3n) is 3.36. The van der Waals surface area contributed by atoms with E-state index >= 15 is 0 Å². The Balaban J connectivity index is 0.00000133. The highest BCUT2D eigenvalue weighted by Crippen LogP contribution is 2.26. The Morgan fingerprint density at radius 2 is 2.21 bits per heavy atom. The van der Waals surface area contributed by atoms with Crippen molar-refractivity contribution >= 4 is 35.2 Å². The van der Waals surface area contributed by atoms with E-state index in [-0.39, 0.29) is 12.4 Å². The second-order valence-corrected chi connectivity index (χ2v) is 4.66. The van der Waals surface area contributed by atoms with Crippen molar-refractivity contribution in [3.05, 3.63) is 6.20 Å². The first-order valence-electron chi connectivity index (χ1n) is 6.09. The Hall–Kier alpha value is -1.60. The number of nitrogens with one attached hydrogen (secondary N) is 1. The summed E-state index contributed by atoms with van der Waals surface area (Å²) < 4.78 is 1.73. The summed E-state index contributed by atoms with van der Waals surface area (Å²) in [4.78, 5) is 10.9. The number of aromatic nitrogens is 4. The van der Waals surface area contributed by atoms with Crippen molar-refractivity contribution in [3.8, 4) is 0 Å². The lowest BCUT2D eigenvalue weighted by atomic mass is 10.2. The number of hydrogen-bond acceptors (Lipinski definition) is 6. The van der Waals surface area contributed by atoms with Crippen LogP contribution in [0.2, 0.25) is 0 Å². The van der Waals surface area contributed by atoms with Crippen molar-refractivity contribution < 1.29 is 0 Å². The highest BCUT2D eigenvalue weighted by Gasteiger charge is 2.23. The van der Waals surface area contributed by atoms with E-state index in [1.165, 1.54) is 0 Å². The molecule has 7 nitrogen and oxygen atoms in total. The molecule has 0 saturated carbocycles. The van der Waals surface area contributed by atoms with Gasteiger partial charge in [-0.2, -0.15) is 15.1 Å². The molecule has 0 amide bonds. The van der Waals surface area contributed by atoms with Crippen LogP contribution in [0.4, 0.5) is 11.8 Å². The number of fused-ring (bicyclic) bond motifs is 1. The van der Waals surface area contributed by atoms with Crippen molar-refractivity contribution in [1.82, 2.24) is 25.1 Å². The number of hydrogen-bond donors (Lipinski definition) is 2. The Kier molecular flexibility index (Phi) is 3.77. The zero-order valence-electron chi connectivity index (χ0n) is 11.0. The molecule has 2 aromatic heterocycles. The first-order valence-corrected chi connectivity index (χ1v) is 6.09. The molecule has 0 aromatic carbocycles. The van der Waals surface area contributed by atoms with Crippen LogP contribution in [0.3, 0.4) is 0 Å². The maximum Gasteiger partial charge on any atom is 0.224 e. The van der Waals surface area contributed by atoms with E-state index in [2.05, 4.69) is 32.2 Å². The molecular weight excluding hydrogens is 266 g/mol. The molecule has 19 heavy (non-hydrogen) atoms. The number of anilines is 2. The van der Waals surface area contributed by atoms with Gasteiger partial charge in [0.2, 0.25) is 5.95 Å². The number of nitrogens with zero attached hydrogens (tertiary/aromatic N) is 5. The van der Waals surface area contributed by atoms with Gasteiger partial charge in [0.05, 0.1) is 11.6 Å². The number of piperazine rings is 1. The first-order chi connectivity index (χ1) is 8.66. The minimum atomic E-state index is 0. The number of nitrogen functional groups attached to an aromatic ring is 1. The molecule has 0 bridgehead atoms. The smallest absolute Gasteiger partial charge is 0.224 e. The van der Waals surface area contributed by atoms with E-state index in [9.17, 15) is 0 Å². The van der Waals surface area contributed by atoms with Crippen LogP contribution in [-0.2, 0) is 7.05 Å². The van der Waals surface area contributed by atoms with Gasteiger partial charge in [-0.3, -0.25) is 4.68 Å². The van der Waals surface area contributed by atoms with Crippen molar-refractivity contribution in [2.75, 3.05) is 30.3 Å². The Labute approximate surface area is 117 Å². The Morgan fingerprint density at radius 1 is 1.42 bits per heavy atom. The monoisotopic (exact) mass is 283 g/mol. The molecule has 1 saturated heterocycles. The number of nitrogens with two attached hydrogens (primary N) is 1. The lowest BCUT2D eigenvalue weighted by Gasteiger charge is -2.35. The van der Waals surface area contributed by atoms with Gasteiger partial charge in [-0.05, 0) is 6.92 Å². The fraction of sp³-hybridized carbons (Fsp3) is 0.545. The van der Waals surface area contributed by atoms with Crippen molar-refractivity contribution in [2.24, 2.45) is 7.05 Å². The SMILES string of the molecule is C[C@@H]1CNCCN1c1nc(N)nc2c1cnn2C.Cl. The largest absolute Gasteiger partial charge is 0.368 e. The van der Waals surface area contributed by atoms with Gasteiger partial charge < -0.3 is 16.0 Å². The summed E-state index contributed by atoms with van der Waals surface area (Å²) in [5.74, 6) is 1.19. The molecule has 3 heterocycles. The summed E-state index contributed by atoms with van der Waals surface area (Å²) in [6, 6.07) is 0.386. The zero-order valence-corrected chi connectivity index (χ0v) is 11.8. The molecule has 8 heteroatoms. The van der Waals surface area contributed by atoms with E-state index in [0.29, 0.717) is 12.0 Å².